The van der Waals surface area contributed by atoms with Gasteiger partial charge >= 0.3 is 0 Å². The molecule has 3 aromatic rings. The Morgan fingerprint density at radius 3 is 2.81 bits per heavy atom. The number of aromatic nitrogens is 1. The maximum absolute atomic E-state index is 12.3. The van der Waals surface area contributed by atoms with Crippen LogP contribution in [0.3, 0.4) is 0 Å². The van der Waals surface area contributed by atoms with E-state index in [9.17, 15) is 4.79 Å². The molecular weight excluding hydrogens is 344 g/mol. The standard InChI is InChI=1S/C21H22N2O2S/c24-20(22-16-6-1-2-7-16)12-11-15(14-17-8-5-13-25-17)21-23-18-9-3-4-10-19(18)26-21/h3-5,8-10,13-14,16H,1-2,6-7,11-12H2,(H,22,24). The van der Waals surface area contributed by atoms with Gasteiger partial charge in [-0.05, 0) is 55.2 Å². The normalized spacial score (nSPS) is 15.6. The lowest BCUT2D eigenvalue weighted by molar-refractivity contribution is -0.121. The largest absolute Gasteiger partial charge is 0.465 e. The SMILES string of the molecule is O=C(CCC(=Cc1ccco1)c1nc2ccccc2s1)NC1CCCC1. The predicted octanol–water partition coefficient (Wildman–Crippen LogP) is 5.27. The second kappa shape index (κ2) is 7.87. The molecule has 1 saturated carbocycles. The van der Waals surface area contributed by atoms with Crippen LogP contribution in [0.1, 0.15) is 49.3 Å². The highest BCUT2D eigenvalue weighted by atomic mass is 32.1. The third kappa shape index (κ3) is 4.05. The van der Waals surface area contributed by atoms with Crippen LogP contribution in [-0.2, 0) is 4.79 Å². The van der Waals surface area contributed by atoms with E-state index in [4.69, 9.17) is 9.40 Å². The van der Waals surface area contributed by atoms with Crippen molar-refractivity contribution in [2.75, 3.05) is 0 Å². The Morgan fingerprint density at radius 1 is 1.19 bits per heavy atom. The Bertz CT molecular complexity index is 872. The minimum absolute atomic E-state index is 0.128. The third-order valence-corrected chi connectivity index (χ3v) is 5.88. The van der Waals surface area contributed by atoms with Crippen molar-refractivity contribution < 1.29 is 9.21 Å². The van der Waals surface area contributed by atoms with Crippen LogP contribution in [0, 0.1) is 0 Å². The van der Waals surface area contributed by atoms with Gasteiger partial charge in [0.1, 0.15) is 10.8 Å². The number of nitrogens with zero attached hydrogens (tertiary/aromatic N) is 1. The summed E-state index contributed by atoms with van der Waals surface area (Å²) in [6.45, 7) is 0. The van der Waals surface area contributed by atoms with Crippen LogP contribution < -0.4 is 5.32 Å². The molecule has 0 radical (unpaired) electrons. The summed E-state index contributed by atoms with van der Waals surface area (Å²) in [5.74, 6) is 0.916. The van der Waals surface area contributed by atoms with Gasteiger partial charge in [-0.15, -0.1) is 11.3 Å². The second-order valence-corrected chi connectivity index (χ2v) is 7.75. The molecule has 26 heavy (non-hydrogen) atoms. The highest BCUT2D eigenvalue weighted by Gasteiger charge is 2.18. The van der Waals surface area contributed by atoms with Crippen molar-refractivity contribution in [2.45, 2.75) is 44.6 Å². The molecule has 1 fully saturated rings. The number of rotatable bonds is 6. The van der Waals surface area contributed by atoms with Gasteiger partial charge < -0.3 is 9.73 Å². The van der Waals surface area contributed by atoms with Gasteiger partial charge in [-0.3, -0.25) is 4.79 Å². The summed E-state index contributed by atoms with van der Waals surface area (Å²) in [5, 5.41) is 4.12. The number of fused-ring (bicyclic) bond motifs is 1. The van der Waals surface area contributed by atoms with E-state index in [2.05, 4.69) is 11.4 Å². The molecule has 1 aliphatic rings. The van der Waals surface area contributed by atoms with E-state index in [-0.39, 0.29) is 5.91 Å². The van der Waals surface area contributed by atoms with Crippen molar-refractivity contribution >= 4 is 39.1 Å². The average molecular weight is 366 g/mol. The van der Waals surface area contributed by atoms with Gasteiger partial charge in [0, 0.05) is 12.5 Å². The molecule has 0 atom stereocenters. The van der Waals surface area contributed by atoms with Crippen LogP contribution >= 0.6 is 11.3 Å². The van der Waals surface area contributed by atoms with Crippen LogP contribution in [-0.4, -0.2) is 16.9 Å². The van der Waals surface area contributed by atoms with Crippen LogP contribution in [0.2, 0.25) is 0 Å². The Balaban J connectivity index is 1.52. The maximum Gasteiger partial charge on any atom is 0.220 e. The second-order valence-electron chi connectivity index (χ2n) is 6.72. The van der Waals surface area contributed by atoms with Crippen molar-refractivity contribution in [1.29, 1.82) is 0 Å². The van der Waals surface area contributed by atoms with E-state index in [1.807, 2.05) is 36.4 Å². The summed E-state index contributed by atoms with van der Waals surface area (Å²) in [7, 11) is 0. The van der Waals surface area contributed by atoms with Crippen molar-refractivity contribution in [3.63, 3.8) is 0 Å². The predicted molar refractivity (Wildman–Crippen MR) is 106 cm³/mol. The van der Waals surface area contributed by atoms with E-state index in [1.165, 1.54) is 12.8 Å². The number of allylic oxidation sites excluding steroid dienone is 1. The molecule has 1 aliphatic carbocycles. The number of thiazole rings is 1. The van der Waals surface area contributed by atoms with Crippen LogP contribution in [0.25, 0.3) is 21.9 Å². The van der Waals surface area contributed by atoms with Gasteiger partial charge in [0.25, 0.3) is 0 Å². The fourth-order valence-electron chi connectivity index (χ4n) is 3.41. The summed E-state index contributed by atoms with van der Waals surface area (Å²) >= 11 is 1.66. The number of amides is 1. The smallest absolute Gasteiger partial charge is 0.220 e. The molecule has 0 bridgehead atoms. The first-order valence-corrected chi connectivity index (χ1v) is 9.99. The van der Waals surface area contributed by atoms with Crippen molar-refractivity contribution in [1.82, 2.24) is 10.3 Å². The molecule has 5 heteroatoms. The number of benzene rings is 1. The molecule has 2 aromatic heterocycles. The summed E-state index contributed by atoms with van der Waals surface area (Å²) in [6, 6.07) is 12.3. The van der Waals surface area contributed by atoms with E-state index in [1.54, 1.807) is 17.6 Å². The molecule has 0 aliphatic heterocycles. The Hall–Kier alpha value is -2.40. The van der Waals surface area contributed by atoms with Gasteiger partial charge in [0.05, 0.1) is 16.5 Å². The molecule has 0 saturated heterocycles. The Labute approximate surface area is 156 Å². The lowest BCUT2D eigenvalue weighted by Gasteiger charge is -2.12. The molecule has 4 rings (SSSR count). The van der Waals surface area contributed by atoms with Gasteiger partial charge in [-0.1, -0.05) is 25.0 Å². The first-order valence-electron chi connectivity index (χ1n) is 9.17. The van der Waals surface area contributed by atoms with Crippen molar-refractivity contribution in [3.05, 3.63) is 53.4 Å². The van der Waals surface area contributed by atoms with E-state index in [0.717, 1.165) is 39.4 Å². The summed E-state index contributed by atoms with van der Waals surface area (Å²) in [6.07, 6.45) is 9.45. The number of para-hydroxylation sites is 1. The molecule has 0 unspecified atom stereocenters. The molecule has 1 aromatic carbocycles. The van der Waals surface area contributed by atoms with E-state index < -0.39 is 0 Å². The zero-order valence-corrected chi connectivity index (χ0v) is 15.4. The van der Waals surface area contributed by atoms with Gasteiger partial charge in [0.15, 0.2) is 0 Å². The quantitative estimate of drug-likeness (QED) is 0.647. The first kappa shape index (κ1) is 17.0. The minimum atomic E-state index is 0.128. The van der Waals surface area contributed by atoms with Crippen LogP contribution in [0.5, 0.6) is 0 Å². The van der Waals surface area contributed by atoms with Gasteiger partial charge in [-0.25, -0.2) is 4.98 Å². The molecule has 1 amide bonds. The number of hydrogen-bond acceptors (Lipinski definition) is 4. The minimum Gasteiger partial charge on any atom is -0.465 e. The van der Waals surface area contributed by atoms with Crippen LogP contribution in [0.4, 0.5) is 0 Å². The highest BCUT2D eigenvalue weighted by molar-refractivity contribution is 7.19. The summed E-state index contributed by atoms with van der Waals surface area (Å²) < 4.78 is 6.63. The molecule has 134 valence electrons. The van der Waals surface area contributed by atoms with Gasteiger partial charge in [0.2, 0.25) is 5.91 Å². The van der Waals surface area contributed by atoms with Crippen LogP contribution in [0.15, 0.2) is 47.1 Å². The Kier molecular flexibility index (Phi) is 5.16. The Morgan fingerprint density at radius 2 is 2.04 bits per heavy atom. The first-order chi connectivity index (χ1) is 12.8. The maximum atomic E-state index is 12.3. The zero-order valence-electron chi connectivity index (χ0n) is 14.6. The summed E-state index contributed by atoms with van der Waals surface area (Å²) in [4.78, 5) is 17.1. The molecular formula is C21H22N2O2S. The lowest BCUT2D eigenvalue weighted by Crippen LogP contribution is -2.32. The highest BCUT2D eigenvalue weighted by Crippen LogP contribution is 2.31. The van der Waals surface area contributed by atoms with Crippen molar-refractivity contribution in [2.24, 2.45) is 0 Å². The monoisotopic (exact) mass is 366 g/mol. The van der Waals surface area contributed by atoms with Gasteiger partial charge in [-0.2, -0.15) is 0 Å². The third-order valence-electron chi connectivity index (χ3n) is 4.77. The number of furan rings is 1. The fraction of sp³-hybridized carbons (Fsp3) is 0.333. The average Bonchev–Trinajstić information content (AvgIpc) is 3.39. The lowest BCUT2D eigenvalue weighted by atomic mass is 10.1. The number of carbonyl (C=O) groups is 1. The molecule has 1 N–H and O–H groups in total. The number of nitrogens with one attached hydrogen (secondary N) is 1. The topological polar surface area (TPSA) is 55.1 Å². The molecule has 2 heterocycles. The molecule has 0 spiro atoms. The summed E-state index contributed by atoms with van der Waals surface area (Å²) in [5.41, 5.74) is 2.04. The molecule has 4 nitrogen and oxygen atoms in total. The van der Waals surface area contributed by atoms with Crippen molar-refractivity contribution in [3.8, 4) is 0 Å². The van der Waals surface area contributed by atoms with E-state index >= 15 is 0 Å². The number of hydrogen-bond donors (Lipinski definition) is 1. The zero-order chi connectivity index (χ0) is 17.8. The fourth-order valence-corrected chi connectivity index (χ4v) is 4.42. The van der Waals surface area contributed by atoms with E-state index in [0.29, 0.717) is 18.9 Å². The number of carbonyl (C=O) groups excluding carboxylic acids is 1.